The molecular weight excluding hydrogens is 320 g/mol. The SMILES string of the molecule is COc1ccc2nc(C3CC3)cc(C(=O)N3CCC(C(=O)O)C3)c2c1. The van der Waals surface area contributed by atoms with Gasteiger partial charge in [0.1, 0.15) is 5.75 Å². The number of carboxylic acids is 1. The second kappa shape index (κ2) is 6.02. The van der Waals surface area contributed by atoms with Crippen LogP contribution in [0.25, 0.3) is 10.9 Å². The van der Waals surface area contributed by atoms with E-state index in [1.807, 2.05) is 24.3 Å². The molecule has 2 heterocycles. The number of carbonyl (C=O) groups excluding carboxylic acids is 1. The molecule has 6 nitrogen and oxygen atoms in total. The van der Waals surface area contributed by atoms with Gasteiger partial charge in [-0.3, -0.25) is 14.6 Å². The molecule has 2 aliphatic rings. The van der Waals surface area contributed by atoms with E-state index < -0.39 is 11.9 Å². The Morgan fingerprint density at radius 2 is 2.04 bits per heavy atom. The smallest absolute Gasteiger partial charge is 0.308 e. The lowest BCUT2D eigenvalue weighted by Gasteiger charge is -2.18. The standard InChI is InChI=1S/C19H20N2O4/c1-25-13-4-5-16-14(8-13)15(9-17(20-16)11-2-3-11)18(22)21-7-6-12(10-21)19(23)24/h4-5,8-9,11-12H,2-3,6-7,10H2,1H3,(H,23,24). The summed E-state index contributed by atoms with van der Waals surface area (Å²) in [5.41, 5.74) is 2.33. The fourth-order valence-electron chi connectivity index (χ4n) is 3.43. The van der Waals surface area contributed by atoms with E-state index in [0.717, 1.165) is 29.4 Å². The first kappa shape index (κ1) is 15.9. The zero-order chi connectivity index (χ0) is 17.6. The zero-order valence-corrected chi connectivity index (χ0v) is 14.1. The number of aromatic nitrogens is 1. The van der Waals surface area contributed by atoms with E-state index in [1.54, 1.807) is 12.0 Å². The quantitative estimate of drug-likeness (QED) is 0.925. The van der Waals surface area contributed by atoms with Crippen LogP contribution in [0, 0.1) is 5.92 Å². The van der Waals surface area contributed by atoms with Crippen molar-refractivity contribution >= 4 is 22.8 Å². The Kier molecular flexibility index (Phi) is 3.82. The normalized spacial score (nSPS) is 20.0. The van der Waals surface area contributed by atoms with Gasteiger partial charge in [-0.05, 0) is 43.5 Å². The van der Waals surface area contributed by atoms with Gasteiger partial charge in [0.25, 0.3) is 5.91 Å². The molecule has 1 saturated heterocycles. The number of nitrogens with zero attached hydrogens (tertiary/aromatic N) is 2. The molecule has 1 aliphatic heterocycles. The Hall–Kier alpha value is -2.63. The van der Waals surface area contributed by atoms with E-state index in [9.17, 15) is 14.7 Å². The summed E-state index contributed by atoms with van der Waals surface area (Å²) in [5.74, 6) is -0.327. The third-order valence-electron chi connectivity index (χ3n) is 5.09. The Morgan fingerprint density at radius 3 is 2.68 bits per heavy atom. The van der Waals surface area contributed by atoms with Gasteiger partial charge in [0, 0.05) is 30.1 Å². The third kappa shape index (κ3) is 2.92. The van der Waals surface area contributed by atoms with Crippen LogP contribution in [-0.4, -0.2) is 47.1 Å². The first-order valence-electron chi connectivity index (χ1n) is 8.57. The molecule has 6 heteroatoms. The lowest BCUT2D eigenvalue weighted by Crippen LogP contribution is -2.30. The number of amides is 1. The first-order chi connectivity index (χ1) is 12.1. The molecule has 130 valence electrons. The van der Waals surface area contributed by atoms with Crippen LogP contribution in [0.4, 0.5) is 0 Å². The molecule has 2 aromatic rings. The van der Waals surface area contributed by atoms with Crippen LogP contribution in [0.2, 0.25) is 0 Å². The van der Waals surface area contributed by atoms with Crippen molar-refractivity contribution in [2.24, 2.45) is 5.92 Å². The van der Waals surface area contributed by atoms with Crippen molar-refractivity contribution in [3.05, 3.63) is 35.5 Å². The van der Waals surface area contributed by atoms with E-state index in [0.29, 0.717) is 30.2 Å². The number of fused-ring (bicyclic) bond motifs is 1. The number of carbonyl (C=O) groups is 2. The second-order valence-electron chi connectivity index (χ2n) is 6.83. The van der Waals surface area contributed by atoms with E-state index in [1.165, 1.54) is 0 Å². The lowest BCUT2D eigenvalue weighted by molar-refractivity contribution is -0.141. The van der Waals surface area contributed by atoms with E-state index in [2.05, 4.69) is 0 Å². The molecule has 1 atom stereocenters. The zero-order valence-electron chi connectivity index (χ0n) is 14.1. The van der Waals surface area contributed by atoms with Crippen molar-refractivity contribution in [3.63, 3.8) is 0 Å². The largest absolute Gasteiger partial charge is 0.497 e. The summed E-state index contributed by atoms with van der Waals surface area (Å²) in [6.07, 6.45) is 2.71. The maximum absolute atomic E-state index is 13.1. The Morgan fingerprint density at radius 1 is 1.24 bits per heavy atom. The van der Waals surface area contributed by atoms with Gasteiger partial charge >= 0.3 is 5.97 Å². The van der Waals surface area contributed by atoms with Gasteiger partial charge in [0.05, 0.1) is 24.1 Å². The molecule has 1 amide bonds. The summed E-state index contributed by atoms with van der Waals surface area (Å²) in [6.45, 7) is 0.739. The molecule has 25 heavy (non-hydrogen) atoms. The number of rotatable bonds is 4. The highest BCUT2D eigenvalue weighted by Gasteiger charge is 2.33. The summed E-state index contributed by atoms with van der Waals surface area (Å²) in [6, 6.07) is 7.43. The average Bonchev–Trinajstić information content (AvgIpc) is 3.35. The molecular formula is C19H20N2O4. The van der Waals surface area contributed by atoms with Gasteiger partial charge in [0.15, 0.2) is 0 Å². The number of carboxylic acid groups (broad SMARTS) is 1. The summed E-state index contributed by atoms with van der Waals surface area (Å²) >= 11 is 0. The fraction of sp³-hybridized carbons (Fsp3) is 0.421. The lowest BCUT2D eigenvalue weighted by atomic mass is 10.0. The molecule has 4 rings (SSSR count). The van der Waals surface area contributed by atoms with Crippen molar-refractivity contribution in [1.82, 2.24) is 9.88 Å². The van der Waals surface area contributed by atoms with Crippen LogP contribution in [0.5, 0.6) is 5.75 Å². The molecule has 1 aromatic carbocycles. The van der Waals surface area contributed by atoms with Crippen molar-refractivity contribution in [3.8, 4) is 5.75 Å². The van der Waals surface area contributed by atoms with E-state index in [-0.39, 0.29) is 12.5 Å². The van der Waals surface area contributed by atoms with Crippen LogP contribution < -0.4 is 4.74 Å². The van der Waals surface area contributed by atoms with E-state index >= 15 is 0 Å². The summed E-state index contributed by atoms with van der Waals surface area (Å²) in [4.78, 5) is 30.6. The van der Waals surface area contributed by atoms with Crippen molar-refractivity contribution < 1.29 is 19.4 Å². The maximum atomic E-state index is 13.1. The average molecular weight is 340 g/mol. The molecule has 1 aliphatic carbocycles. The third-order valence-corrected chi connectivity index (χ3v) is 5.09. The number of benzene rings is 1. The van der Waals surface area contributed by atoms with Gasteiger partial charge < -0.3 is 14.7 Å². The maximum Gasteiger partial charge on any atom is 0.308 e. The molecule has 1 aromatic heterocycles. The van der Waals surface area contributed by atoms with Gasteiger partial charge in [-0.15, -0.1) is 0 Å². The number of hydrogen-bond acceptors (Lipinski definition) is 4. The number of pyridine rings is 1. The monoisotopic (exact) mass is 340 g/mol. The molecule has 2 fully saturated rings. The summed E-state index contributed by atoms with van der Waals surface area (Å²) in [7, 11) is 1.59. The number of methoxy groups -OCH3 is 1. The molecule has 0 spiro atoms. The minimum Gasteiger partial charge on any atom is -0.497 e. The van der Waals surface area contributed by atoms with Crippen LogP contribution in [0.3, 0.4) is 0 Å². The van der Waals surface area contributed by atoms with Gasteiger partial charge in [-0.25, -0.2) is 0 Å². The number of ether oxygens (including phenoxy) is 1. The molecule has 1 saturated carbocycles. The predicted molar refractivity (Wildman–Crippen MR) is 91.9 cm³/mol. The Labute approximate surface area is 145 Å². The highest BCUT2D eigenvalue weighted by Crippen LogP contribution is 2.40. The Bertz CT molecular complexity index is 860. The highest BCUT2D eigenvalue weighted by molar-refractivity contribution is 6.06. The predicted octanol–water partition coefficient (Wildman–Crippen LogP) is 2.67. The molecule has 0 radical (unpaired) electrons. The number of likely N-dealkylation sites (tertiary alicyclic amines) is 1. The summed E-state index contributed by atoms with van der Waals surface area (Å²) in [5, 5.41) is 9.94. The first-order valence-corrected chi connectivity index (χ1v) is 8.57. The van der Waals surface area contributed by atoms with Gasteiger partial charge in [-0.2, -0.15) is 0 Å². The van der Waals surface area contributed by atoms with Gasteiger partial charge in [0.2, 0.25) is 0 Å². The van der Waals surface area contributed by atoms with Crippen LogP contribution in [0.15, 0.2) is 24.3 Å². The fourth-order valence-corrected chi connectivity index (χ4v) is 3.43. The van der Waals surface area contributed by atoms with Crippen LogP contribution in [0.1, 0.15) is 41.2 Å². The second-order valence-corrected chi connectivity index (χ2v) is 6.83. The van der Waals surface area contributed by atoms with Crippen molar-refractivity contribution in [1.29, 1.82) is 0 Å². The molecule has 1 N–H and O–H groups in total. The van der Waals surface area contributed by atoms with E-state index in [4.69, 9.17) is 9.72 Å². The minimum atomic E-state index is -0.838. The van der Waals surface area contributed by atoms with Gasteiger partial charge in [-0.1, -0.05) is 0 Å². The van der Waals surface area contributed by atoms with Crippen molar-refractivity contribution in [2.45, 2.75) is 25.2 Å². The molecule has 0 bridgehead atoms. The van der Waals surface area contributed by atoms with Crippen LogP contribution >= 0.6 is 0 Å². The van der Waals surface area contributed by atoms with Crippen LogP contribution in [-0.2, 0) is 4.79 Å². The molecule has 1 unspecified atom stereocenters. The van der Waals surface area contributed by atoms with Crippen molar-refractivity contribution in [2.75, 3.05) is 20.2 Å². The topological polar surface area (TPSA) is 79.7 Å². The highest BCUT2D eigenvalue weighted by atomic mass is 16.5. The minimum absolute atomic E-state index is 0.119. The Balaban J connectivity index is 1.76. The number of aliphatic carboxylic acids is 1. The summed E-state index contributed by atoms with van der Waals surface area (Å²) < 4.78 is 5.29. The number of hydrogen-bond donors (Lipinski definition) is 1.